The van der Waals surface area contributed by atoms with E-state index in [9.17, 15) is 10.0 Å². The molecule has 21 heavy (non-hydrogen) atoms. The zero-order valence-corrected chi connectivity index (χ0v) is 12.1. The number of anilines is 2. The summed E-state index contributed by atoms with van der Waals surface area (Å²) in [5, 5.41) is 8.83. The monoisotopic (exact) mass is 300 g/mol. The lowest BCUT2D eigenvalue weighted by atomic mass is 10.1. The van der Waals surface area contributed by atoms with Crippen LogP contribution in [0.5, 0.6) is 0 Å². The number of nitrogens with zero attached hydrogens (tertiary/aromatic N) is 1. The van der Waals surface area contributed by atoms with Crippen LogP contribution >= 0.6 is 11.6 Å². The minimum atomic E-state index is -0.597. The molecule has 0 aliphatic carbocycles. The van der Waals surface area contributed by atoms with Gasteiger partial charge in [0.1, 0.15) is 0 Å². The highest BCUT2D eigenvalue weighted by atomic mass is 35.5. The van der Waals surface area contributed by atoms with Crippen molar-refractivity contribution in [1.82, 2.24) is 5.48 Å². The molecule has 106 valence electrons. The number of nitrogens with one attached hydrogen (secondary N) is 1. The summed E-state index contributed by atoms with van der Waals surface area (Å²) in [4.78, 5) is 13.4. The predicted molar refractivity (Wildman–Crippen MR) is 83.8 cm³/mol. The van der Waals surface area contributed by atoms with Crippen molar-refractivity contribution in [2.45, 2.75) is 6.92 Å². The molecule has 0 saturated carbocycles. The van der Waals surface area contributed by atoms with Crippen molar-refractivity contribution >= 4 is 40.1 Å². The zero-order valence-electron chi connectivity index (χ0n) is 11.3. The standard InChI is InChI=1S/C16H13ClN2O2/c1-10-6-7-14-11(8-10)9-13(18-21)12-4-2-3-5-15(12)19(14)16(17)20/h2-9,18,21H,1H3. The van der Waals surface area contributed by atoms with Gasteiger partial charge in [-0.2, -0.15) is 0 Å². The first-order valence-electron chi connectivity index (χ1n) is 6.43. The number of halogens is 1. The highest BCUT2D eigenvalue weighted by Crippen LogP contribution is 2.39. The summed E-state index contributed by atoms with van der Waals surface area (Å²) in [6.07, 6.45) is 1.79. The lowest BCUT2D eigenvalue weighted by molar-refractivity contribution is 0.225. The second-order valence-corrected chi connectivity index (χ2v) is 5.16. The minimum absolute atomic E-state index is 0.512. The topological polar surface area (TPSA) is 52.6 Å². The highest BCUT2D eigenvalue weighted by Gasteiger charge is 2.25. The van der Waals surface area contributed by atoms with E-state index in [1.165, 1.54) is 4.90 Å². The average molecular weight is 301 g/mol. The summed E-state index contributed by atoms with van der Waals surface area (Å²) >= 11 is 5.80. The number of carbonyl (C=O) groups is 1. The molecular weight excluding hydrogens is 288 g/mol. The van der Waals surface area contributed by atoms with Gasteiger partial charge in [0.15, 0.2) is 0 Å². The van der Waals surface area contributed by atoms with Crippen LogP contribution in [0.25, 0.3) is 11.8 Å². The van der Waals surface area contributed by atoms with Gasteiger partial charge in [-0.3, -0.25) is 20.4 Å². The number of para-hydroxylation sites is 1. The minimum Gasteiger partial charge on any atom is -0.291 e. The molecule has 1 amide bonds. The highest BCUT2D eigenvalue weighted by molar-refractivity contribution is 6.67. The first-order valence-corrected chi connectivity index (χ1v) is 6.81. The Bertz CT molecular complexity index is 756. The van der Waals surface area contributed by atoms with E-state index in [-0.39, 0.29) is 0 Å². The Labute approximate surface area is 127 Å². The van der Waals surface area contributed by atoms with Gasteiger partial charge in [0.2, 0.25) is 0 Å². The van der Waals surface area contributed by atoms with Crippen LogP contribution in [0.4, 0.5) is 16.2 Å². The third-order valence-corrected chi connectivity index (χ3v) is 3.62. The van der Waals surface area contributed by atoms with E-state index in [0.717, 1.165) is 11.1 Å². The Morgan fingerprint density at radius 3 is 2.67 bits per heavy atom. The number of hydrogen-bond acceptors (Lipinski definition) is 3. The molecule has 0 aromatic heterocycles. The van der Waals surface area contributed by atoms with E-state index < -0.39 is 5.37 Å². The molecule has 0 saturated heterocycles. The van der Waals surface area contributed by atoms with Crippen LogP contribution in [0.15, 0.2) is 42.5 Å². The van der Waals surface area contributed by atoms with Crippen molar-refractivity contribution in [3.05, 3.63) is 59.2 Å². The summed E-state index contributed by atoms with van der Waals surface area (Å²) in [7, 11) is 0. The number of hydrogen-bond donors (Lipinski definition) is 2. The average Bonchev–Trinajstić information content (AvgIpc) is 2.60. The van der Waals surface area contributed by atoms with Crippen LogP contribution < -0.4 is 10.4 Å². The maximum Gasteiger partial charge on any atom is 0.325 e. The molecule has 1 aliphatic heterocycles. The van der Waals surface area contributed by atoms with Crippen molar-refractivity contribution in [3.8, 4) is 0 Å². The van der Waals surface area contributed by atoms with Crippen LogP contribution in [0.2, 0.25) is 0 Å². The third kappa shape index (κ3) is 2.28. The molecule has 0 fully saturated rings. The predicted octanol–water partition coefficient (Wildman–Crippen LogP) is 4.28. The summed E-state index contributed by atoms with van der Waals surface area (Å²) < 4.78 is 0. The Morgan fingerprint density at radius 1 is 1.19 bits per heavy atom. The molecular formula is C16H13ClN2O2. The third-order valence-electron chi connectivity index (χ3n) is 3.46. The van der Waals surface area contributed by atoms with Crippen LogP contribution in [0, 0.1) is 6.92 Å². The normalized spacial score (nSPS) is 12.9. The van der Waals surface area contributed by atoms with Crippen LogP contribution in [0.1, 0.15) is 16.7 Å². The maximum absolute atomic E-state index is 11.9. The van der Waals surface area contributed by atoms with E-state index in [4.69, 9.17) is 11.6 Å². The number of hydroxylamine groups is 1. The van der Waals surface area contributed by atoms with E-state index in [1.54, 1.807) is 12.1 Å². The van der Waals surface area contributed by atoms with Gasteiger partial charge in [-0.15, -0.1) is 0 Å². The van der Waals surface area contributed by atoms with Gasteiger partial charge in [-0.1, -0.05) is 29.8 Å². The van der Waals surface area contributed by atoms with Gasteiger partial charge in [0.05, 0.1) is 17.1 Å². The van der Waals surface area contributed by atoms with Crippen molar-refractivity contribution < 1.29 is 10.0 Å². The molecule has 2 aromatic carbocycles. The molecule has 2 aromatic rings. The Hall–Kier alpha value is -2.30. The lowest BCUT2D eigenvalue weighted by Crippen LogP contribution is -2.21. The Kier molecular flexibility index (Phi) is 3.41. The van der Waals surface area contributed by atoms with Crippen molar-refractivity contribution in [2.75, 3.05) is 4.90 Å². The quantitative estimate of drug-likeness (QED) is 0.469. The number of amides is 1. The molecule has 0 spiro atoms. The number of aryl methyl sites for hydroxylation is 1. The SMILES string of the molecule is Cc1ccc2c(c1)C=C(NO)c1ccccc1N2C(=O)Cl. The fraction of sp³-hybridized carbons (Fsp3) is 0.0625. The Balaban J connectivity index is 2.36. The zero-order chi connectivity index (χ0) is 15.0. The molecule has 4 nitrogen and oxygen atoms in total. The van der Waals surface area contributed by atoms with E-state index in [0.29, 0.717) is 22.6 Å². The number of benzene rings is 2. The summed E-state index contributed by atoms with van der Waals surface area (Å²) in [6.45, 7) is 1.96. The van der Waals surface area contributed by atoms with E-state index in [1.807, 2.05) is 43.3 Å². The number of carbonyl (C=O) groups excluding carboxylic acids is 1. The van der Waals surface area contributed by atoms with Crippen molar-refractivity contribution in [1.29, 1.82) is 0 Å². The van der Waals surface area contributed by atoms with Crippen LogP contribution in [-0.2, 0) is 0 Å². The first kappa shape index (κ1) is 13.7. The van der Waals surface area contributed by atoms with Crippen LogP contribution in [-0.4, -0.2) is 10.6 Å². The lowest BCUT2D eigenvalue weighted by Gasteiger charge is -2.22. The molecule has 3 rings (SSSR count). The van der Waals surface area contributed by atoms with Crippen LogP contribution in [0.3, 0.4) is 0 Å². The summed E-state index contributed by atoms with van der Waals surface area (Å²) in [5.74, 6) is 0. The Morgan fingerprint density at radius 2 is 1.95 bits per heavy atom. The number of fused-ring (bicyclic) bond motifs is 2. The van der Waals surface area contributed by atoms with E-state index >= 15 is 0 Å². The number of rotatable bonds is 1. The molecule has 0 radical (unpaired) electrons. The molecule has 2 N–H and O–H groups in total. The van der Waals surface area contributed by atoms with Gasteiger partial charge in [0, 0.05) is 11.1 Å². The molecule has 5 heteroatoms. The van der Waals surface area contributed by atoms with Gasteiger partial charge in [0.25, 0.3) is 0 Å². The molecule has 1 heterocycles. The molecule has 0 bridgehead atoms. The van der Waals surface area contributed by atoms with Crippen molar-refractivity contribution in [3.63, 3.8) is 0 Å². The molecule has 1 aliphatic rings. The van der Waals surface area contributed by atoms with E-state index in [2.05, 4.69) is 5.48 Å². The second kappa shape index (κ2) is 5.24. The van der Waals surface area contributed by atoms with Gasteiger partial charge < -0.3 is 0 Å². The van der Waals surface area contributed by atoms with Gasteiger partial charge in [-0.25, -0.2) is 0 Å². The largest absolute Gasteiger partial charge is 0.325 e. The fourth-order valence-corrected chi connectivity index (χ4v) is 2.72. The second-order valence-electron chi connectivity index (χ2n) is 4.84. The fourth-order valence-electron chi connectivity index (χ4n) is 2.53. The summed E-state index contributed by atoms with van der Waals surface area (Å²) in [5.41, 5.74) is 6.56. The van der Waals surface area contributed by atoms with Gasteiger partial charge >= 0.3 is 5.37 Å². The smallest absolute Gasteiger partial charge is 0.291 e. The first-order chi connectivity index (χ1) is 10.1. The maximum atomic E-state index is 11.9. The summed E-state index contributed by atoms with van der Waals surface area (Å²) in [6, 6.07) is 13.0. The van der Waals surface area contributed by atoms with Gasteiger partial charge in [-0.05, 0) is 42.8 Å². The molecule has 0 unspecified atom stereocenters. The van der Waals surface area contributed by atoms with Crippen molar-refractivity contribution in [2.24, 2.45) is 0 Å². The molecule has 0 atom stereocenters.